The number of nitrogens with one attached hydrogen (secondary N) is 3. The van der Waals surface area contributed by atoms with E-state index in [0.29, 0.717) is 91.9 Å². The number of nitrogens with two attached hydrogens (primary N) is 2. The van der Waals surface area contributed by atoms with Crippen LogP contribution in [0.1, 0.15) is 213 Å². The molecule has 1 aliphatic rings. The fraction of sp³-hybridized carbons (Fsp3) is 0.883. The summed E-state index contributed by atoms with van der Waals surface area (Å²) in [6.45, 7) is 9.18. The van der Waals surface area contributed by atoms with Gasteiger partial charge < -0.3 is 55.8 Å². The van der Waals surface area contributed by atoms with Crippen LogP contribution in [0.2, 0.25) is 0 Å². The zero-order valence-electron chi connectivity index (χ0n) is 50.0. The molecule has 3 atom stereocenters. The predicted molar refractivity (Wildman–Crippen MR) is 317 cm³/mol. The number of thioether (sulfide) groups is 1. The maximum absolute atomic E-state index is 13.8. The Labute approximate surface area is 486 Å². The van der Waals surface area contributed by atoms with Gasteiger partial charge in [0.1, 0.15) is 11.8 Å². The minimum Gasteiger partial charge on any atom is -0.379 e. The normalized spacial score (nSPS) is 14.2. The molecule has 1 rings (SSSR count). The Bertz CT molecular complexity index is 1580. The molecular formula is C60H112N6O13S. The van der Waals surface area contributed by atoms with E-state index < -0.39 is 34.9 Å². The van der Waals surface area contributed by atoms with Gasteiger partial charge in [-0.05, 0) is 12.8 Å². The molecule has 0 aromatic rings. The first-order valence-corrected chi connectivity index (χ1v) is 32.3. The third kappa shape index (κ3) is 44.5. The number of carbonyl (C=O) groups excluding carboxylic acids is 7. The first-order chi connectivity index (χ1) is 39.0. The van der Waals surface area contributed by atoms with Crippen LogP contribution in [-0.4, -0.2) is 175 Å². The molecule has 1 fully saturated rings. The number of ether oxygens (including phenoxy) is 6. The Hall–Kier alpha value is -3.08. The summed E-state index contributed by atoms with van der Waals surface area (Å²) >= 11 is 1.11. The first kappa shape index (κ1) is 74.9. The Kier molecular flexibility index (Phi) is 51.6. The topological polar surface area (TPSA) is 266 Å². The summed E-state index contributed by atoms with van der Waals surface area (Å²) in [5.74, 6) is -2.06. The molecule has 1 heterocycles. The fourth-order valence-electron chi connectivity index (χ4n) is 9.03. The van der Waals surface area contributed by atoms with E-state index in [0.717, 1.165) is 55.2 Å². The molecule has 1 aliphatic heterocycles. The number of amides is 5. The molecule has 20 heteroatoms. The van der Waals surface area contributed by atoms with Gasteiger partial charge >= 0.3 is 0 Å². The van der Waals surface area contributed by atoms with Crippen molar-refractivity contribution in [2.45, 2.75) is 230 Å². The van der Waals surface area contributed by atoms with Gasteiger partial charge in [-0.25, -0.2) is 0 Å². The van der Waals surface area contributed by atoms with Crippen molar-refractivity contribution in [3.63, 3.8) is 0 Å². The predicted octanol–water partition coefficient (Wildman–Crippen LogP) is 7.83. The number of unbranched alkanes of at least 4 members (excludes halogenated alkanes) is 24. The third-order valence-corrected chi connectivity index (χ3v) is 15.3. The molecule has 19 nitrogen and oxygen atoms in total. The number of imide groups is 1. The van der Waals surface area contributed by atoms with Gasteiger partial charge in [0.05, 0.1) is 97.1 Å². The lowest BCUT2D eigenvalue weighted by atomic mass is 10.0. The summed E-state index contributed by atoms with van der Waals surface area (Å²) < 4.78 is 32.7. The van der Waals surface area contributed by atoms with Crippen molar-refractivity contribution >= 4 is 52.9 Å². The van der Waals surface area contributed by atoms with E-state index >= 15 is 0 Å². The van der Waals surface area contributed by atoms with E-state index in [9.17, 15) is 33.6 Å². The molecule has 0 saturated carbocycles. The highest BCUT2D eigenvalue weighted by atomic mass is 32.2. The summed E-state index contributed by atoms with van der Waals surface area (Å²) in [5.41, 5.74) is 11.7. The number of ketones is 2. The average molecular weight is 1160 g/mol. The molecule has 0 spiro atoms. The molecule has 5 amide bonds. The molecule has 3 unspecified atom stereocenters. The van der Waals surface area contributed by atoms with Crippen LogP contribution in [0.3, 0.4) is 0 Å². The van der Waals surface area contributed by atoms with Crippen LogP contribution in [0.5, 0.6) is 0 Å². The smallest absolute Gasteiger partial charge is 0.242 e. The maximum Gasteiger partial charge on any atom is 0.242 e. The summed E-state index contributed by atoms with van der Waals surface area (Å²) in [6.07, 6.45) is 32.0. The number of rotatable bonds is 61. The van der Waals surface area contributed by atoms with Gasteiger partial charge in [0.2, 0.25) is 29.5 Å². The van der Waals surface area contributed by atoms with Gasteiger partial charge in [-0.3, -0.25) is 38.5 Å². The number of hydrogen-bond donors (Lipinski definition) is 5. The molecule has 0 radical (unpaired) electrons. The highest BCUT2D eigenvalue weighted by molar-refractivity contribution is 8.00. The zero-order valence-corrected chi connectivity index (χ0v) is 50.8. The van der Waals surface area contributed by atoms with E-state index in [4.69, 9.17) is 39.9 Å². The molecule has 1 saturated heterocycles. The lowest BCUT2D eigenvalue weighted by Gasteiger charge is -2.22. The molecular weight excluding hydrogens is 1040 g/mol. The largest absolute Gasteiger partial charge is 0.379 e. The van der Waals surface area contributed by atoms with Crippen molar-refractivity contribution in [3.8, 4) is 0 Å². The van der Waals surface area contributed by atoms with E-state index in [1.54, 1.807) is 0 Å². The lowest BCUT2D eigenvalue weighted by molar-refractivity contribution is -0.138. The summed E-state index contributed by atoms with van der Waals surface area (Å²) in [4.78, 5) is 90.9. The van der Waals surface area contributed by atoms with Crippen molar-refractivity contribution in [1.29, 1.82) is 0 Å². The standard InChI is InChI=1S/C60H112N6O13S/c1-3-5-7-9-11-13-15-17-19-21-23-25-27-29-55(68)64-49-53(65-57(70)30-28-26-24-22-20-18-16-14-12-10-8-6-4-2)59(72)52(62)50-80-54-47-58(71)66(60(54)73)34-31-56(69)63-33-36-75-38-40-77-42-44-79-46-45-78-43-41-76-39-37-74-35-32-51(67)48-61/h52-54H,3-50,61-62H2,1-2H3,(H,63,69)(H,64,68)(H,65,70). The van der Waals surface area contributed by atoms with Crippen molar-refractivity contribution in [1.82, 2.24) is 20.9 Å². The average Bonchev–Trinajstić information content (AvgIpc) is 3.74. The monoisotopic (exact) mass is 1160 g/mol. The molecule has 0 bridgehead atoms. The van der Waals surface area contributed by atoms with Gasteiger partial charge in [0.25, 0.3) is 0 Å². The van der Waals surface area contributed by atoms with Gasteiger partial charge in [-0.1, -0.05) is 168 Å². The second-order valence-corrected chi connectivity index (χ2v) is 22.3. The van der Waals surface area contributed by atoms with Gasteiger partial charge in [-0.15, -0.1) is 11.8 Å². The Morgan fingerprint density at radius 2 is 0.900 bits per heavy atom. The molecule has 80 heavy (non-hydrogen) atoms. The number of carbonyl (C=O) groups is 7. The lowest BCUT2D eigenvalue weighted by Crippen LogP contribution is -2.54. The first-order valence-electron chi connectivity index (χ1n) is 31.3. The van der Waals surface area contributed by atoms with Crippen LogP contribution < -0.4 is 27.4 Å². The van der Waals surface area contributed by atoms with Crippen LogP contribution in [-0.2, 0) is 62.0 Å². The minimum atomic E-state index is -1.06. The maximum atomic E-state index is 13.8. The molecule has 7 N–H and O–H groups in total. The zero-order chi connectivity index (χ0) is 58.4. The van der Waals surface area contributed by atoms with Crippen LogP contribution in [0, 0.1) is 0 Å². The summed E-state index contributed by atoms with van der Waals surface area (Å²) in [7, 11) is 0. The highest BCUT2D eigenvalue weighted by Gasteiger charge is 2.39. The van der Waals surface area contributed by atoms with E-state index in [1.165, 1.54) is 122 Å². The second kappa shape index (κ2) is 55.1. The van der Waals surface area contributed by atoms with Crippen molar-refractivity contribution in [3.05, 3.63) is 0 Å². The van der Waals surface area contributed by atoms with E-state index in [1.807, 2.05) is 0 Å². The van der Waals surface area contributed by atoms with Crippen molar-refractivity contribution in [2.24, 2.45) is 11.5 Å². The quantitative estimate of drug-likeness (QED) is 0.0287. The van der Waals surface area contributed by atoms with Crippen LogP contribution >= 0.6 is 11.8 Å². The van der Waals surface area contributed by atoms with Crippen LogP contribution in [0.4, 0.5) is 0 Å². The van der Waals surface area contributed by atoms with Gasteiger partial charge in [0.15, 0.2) is 5.78 Å². The van der Waals surface area contributed by atoms with Gasteiger partial charge in [0, 0.05) is 57.5 Å². The Balaban J connectivity index is 2.38. The molecule has 466 valence electrons. The van der Waals surface area contributed by atoms with Crippen LogP contribution in [0.25, 0.3) is 0 Å². The Morgan fingerprint density at radius 1 is 0.512 bits per heavy atom. The number of hydrogen-bond acceptors (Lipinski definition) is 16. The molecule has 0 aromatic heterocycles. The van der Waals surface area contributed by atoms with Crippen molar-refractivity contribution in [2.75, 3.05) is 111 Å². The minimum absolute atomic E-state index is 0.0300. The Morgan fingerprint density at radius 3 is 1.34 bits per heavy atom. The number of nitrogens with zero attached hydrogens (tertiary/aromatic N) is 1. The van der Waals surface area contributed by atoms with E-state index in [-0.39, 0.29) is 81.3 Å². The highest BCUT2D eigenvalue weighted by Crippen LogP contribution is 2.26. The van der Waals surface area contributed by atoms with Crippen molar-refractivity contribution < 1.29 is 62.0 Å². The SMILES string of the molecule is CCCCCCCCCCCCCCCC(=O)NCC(NC(=O)CCCCCCCCCCCCCCC)C(=O)C(N)CSC1CC(=O)N(CCC(=O)NCCOCCOCCOCCOCCOCCOCCC(=O)CN)C1=O. The summed E-state index contributed by atoms with van der Waals surface area (Å²) in [6, 6.07) is -2.09. The third-order valence-electron chi connectivity index (χ3n) is 14.0. The summed E-state index contributed by atoms with van der Waals surface area (Å²) in [5, 5.41) is 7.69. The molecule has 0 aromatic carbocycles. The number of likely N-dealkylation sites (tertiary alicyclic amines) is 1. The number of Topliss-reactive ketones (excluding diaryl/α,β-unsaturated/α-hetero) is 2. The van der Waals surface area contributed by atoms with Crippen LogP contribution in [0.15, 0.2) is 0 Å². The second-order valence-electron chi connectivity index (χ2n) is 21.1. The molecule has 0 aliphatic carbocycles. The fourth-order valence-corrected chi connectivity index (χ4v) is 10.2. The van der Waals surface area contributed by atoms with E-state index in [2.05, 4.69) is 29.8 Å². The van der Waals surface area contributed by atoms with Gasteiger partial charge in [-0.2, -0.15) is 0 Å².